The summed E-state index contributed by atoms with van der Waals surface area (Å²) in [6.07, 6.45) is 4.90. The van der Waals surface area contributed by atoms with Crippen LogP contribution in [-0.4, -0.2) is 27.0 Å². The highest BCUT2D eigenvalue weighted by Gasteiger charge is 2.04. The Morgan fingerprint density at radius 3 is 2.73 bits per heavy atom. The van der Waals surface area contributed by atoms with Crippen LogP contribution in [0, 0.1) is 6.92 Å². The van der Waals surface area contributed by atoms with Crippen LogP contribution in [0.3, 0.4) is 0 Å². The van der Waals surface area contributed by atoms with Crippen LogP contribution in [-0.2, 0) is 0 Å². The van der Waals surface area contributed by atoms with E-state index < -0.39 is 0 Å². The molecule has 0 aliphatic rings. The Morgan fingerprint density at radius 2 is 2.07 bits per heavy atom. The van der Waals surface area contributed by atoms with Gasteiger partial charge in [-0.05, 0) is 6.92 Å². The van der Waals surface area contributed by atoms with Gasteiger partial charge >= 0.3 is 0 Å². The molecule has 2 heterocycles. The first kappa shape index (κ1) is 9.51. The van der Waals surface area contributed by atoms with E-state index in [1.165, 1.54) is 0 Å². The molecule has 5 heteroatoms. The van der Waals surface area contributed by atoms with Crippen molar-refractivity contribution >= 4 is 5.82 Å². The smallest absolute Gasteiger partial charge is 0.182 e. The third-order valence-corrected chi connectivity index (χ3v) is 1.90. The largest absolute Gasteiger partial charge is 0.373 e. The van der Waals surface area contributed by atoms with Crippen LogP contribution in [0.25, 0.3) is 11.5 Å². The van der Waals surface area contributed by atoms with Crippen LogP contribution >= 0.6 is 0 Å². The molecule has 5 nitrogen and oxygen atoms in total. The quantitative estimate of drug-likeness (QED) is 0.793. The molecule has 0 amide bonds. The highest BCUT2D eigenvalue weighted by Crippen LogP contribution is 2.13. The molecule has 0 aliphatic heterocycles. The minimum atomic E-state index is 0.590. The van der Waals surface area contributed by atoms with E-state index in [9.17, 15) is 0 Å². The van der Waals surface area contributed by atoms with E-state index >= 15 is 0 Å². The Hall–Kier alpha value is -2.04. The summed E-state index contributed by atoms with van der Waals surface area (Å²) >= 11 is 0. The average molecular weight is 201 g/mol. The van der Waals surface area contributed by atoms with Crippen molar-refractivity contribution in [3.63, 3.8) is 0 Å². The second kappa shape index (κ2) is 4.00. The maximum atomic E-state index is 4.30. The summed E-state index contributed by atoms with van der Waals surface area (Å²) in [7, 11) is 1.82. The van der Waals surface area contributed by atoms with Crippen molar-refractivity contribution in [3.8, 4) is 11.5 Å². The van der Waals surface area contributed by atoms with Gasteiger partial charge in [0, 0.05) is 31.2 Å². The van der Waals surface area contributed by atoms with Gasteiger partial charge in [0.15, 0.2) is 5.82 Å². The van der Waals surface area contributed by atoms with Gasteiger partial charge in [0.05, 0.1) is 6.20 Å². The van der Waals surface area contributed by atoms with E-state index in [0.29, 0.717) is 11.5 Å². The molecule has 0 fully saturated rings. The molecule has 76 valence electrons. The lowest BCUT2D eigenvalue weighted by atomic mass is 10.3. The third kappa shape index (κ3) is 2.07. The first-order valence-electron chi connectivity index (χ1n) is 4.59. The van der Waals surface area contributed by atoms with Gasteiger partial charge < -0.3 is 5.32 Å². The molecule has 0 spiro atoms. The molecule has 0 saturated heterocycles. The number of nitrogens with one attached hydrogen (secondary N) is 1. The van der Waals surface area contributed by atoms with Crippen LogP contribution in [0.4, 0.5) is 5.82 Å². The van der Waals surface area contributed by atoms with Gasteiger partial charge in [-0.2, -0.15) is 0 Å². The molecule has 2 rings (SSSR count). The van der Waals surface area contributed by atoms with Crippen molar-refractivity contribution in [1.29, 1.82) is 0 Å². The summed E-state index contributed by atoms with van der Waals surface area (Å²) in [5.74, 6) is 1.37. The number of aryl methyl sites for hydroxylation is 1. The standard InChI is InChI=1S/C10H11N5/c1-7-5-9(11-2)15-10(14-7)8-6-12-3-4-13-8/h3-6H,1-2H3,(H,11,14,15). The van der Waals surface area contributed by atoms with Crippen molar-refractivity contribution < 1.29 is 0 Å². The first-order chi connectivity index (χ1) is 7.29. The lowest BCUT2D eigenvalue weighted by molar-refractivity contribution is 1.07. The van der Waals surface area contributed by atoms with Crippen LogP contribution in [0.2, 0.25) is 0 Å². The minimum absolute atomic E-state index is 0.590. The molecule has 0 unspecified atom stereocenters. The number of hydrogen-bond acceptors (Lipinski definition) is 5. The van der Waals surface area contributed by atoms with Gasteiger partial charge in [-0.3, -0.25) is 4.98 Å². The molecule has 0 atom stereocenters. The molecule has 0 bridgehead atoms. The predicted octanol–water partition coefficient (Wildman–Crippen LogP) is 1.28. The SMILES string of the molecule is CNc1cc(C)nc(-c2cnccn2)n1. The highest BCUT2D eigenvalue weighted by atomic mass is 15.0. The number of anilines is 1. The van der Waals surface area contributed by atoms with Gasteiger partial charge in [-0.25, -0.2) is 15.0 Å². The molecular weight excluding hydrogens is 190 g/mol. The maximum absolute atomic E-state index is 4.30. The zero-order valence-electron chi connectivity index (χ0n) is 8.60. The Morgan fingerprint density at radius 1 is 1.20 bits per heavy atom. The van der Waals surface area contributed by atoms with Crippen LogP contribution in [0.5, 0.6) is 0 Å². The van der Waals surface area contributed by atoms with Gasteiger partial charge in [-0.15, -0.1) is 0 Å². The van der Waals surface area contributed by atoms with Crippen molar-refractivity contribution in [1.82, 2.24) is 19.9 Å². The minimum Gasteiger partial charge on any atom is -0.373 e. The molecule has 0 saturated carbocycles. The second-order valence-corrected chi connectivity index (χ2v) is 3.06. The van der Waals surface area contributed by atoms with Crippen molar-refractivity contribution in [3.05, 3.63) is 30.4 Å². The summed E-state index contributed by atoms with van der Waals surface area (Å²) < 4.78 is 0. The summed E-state index contributed by atoms with van der Waals surface area (Å²) in [5.41, 5.74) is 1.58. The molecule has 0 aromatic carbocycles. The molecular formula is C10H11N5. The van der Waals surface area contributed by atoms with E-state index in [0.717, 1.165) is 11.5 Å². The van der Waals surface area contributed by atoms with Crippen molar-refractivity contribution in [2.45, 2.75) is 6.92 Å². The van der Waals surface area contributed by atoms with Crippen molar-refractivity contribution in [2.24, 2.45) is 0 Å². The Labute approximate surface area is 87.6 Å². The van der Waals surface area contributed by atoms with E-state index in [1.54, 1.807) is 18.6 Å². The van der Waals surface area contributed by atoms with E-state index in [4.69, 9.17) is 0 Å². The van der Waals surface area contributed by atoms with Gasteiger partial charge in [0.25, 0.3) is 0 Å². The van der Waals surface area contributed by atoms with Crippen LogP contribution < -0.4 is 5.32 Å². The first-order valence-corrected chi connectivity index (χ1v) is 4.59. The normalized spacial score (nSPS) is 10.0. The van der Waals surface area contributed by atoms with Gasteiger partial charge in [-0.1, -0.05) is 0 Å². The van der Waals surface area contributed by atoms with Crippen molar-refractivity contribution in [2.75, 3.05) is 12.4 Å². The van der Waals surface area contributed by atoms with Gasteiger partial charge in [0.2, 0.25) is 0 Å². The van der Waals surface area contributed by atoms with E-state index in [1.807, 2.05) is 20.0 Å². The predicted molar refractivity (Wildman–Crippen MR) is 57.3 cm³/mol. The molecule has 2 aromatic rings. The zero-order valence-corrected chi connectivity index (χ0v) is 8.60. The van der Waals surface area contributed by atoms with Gasteiger partial charge in [0.1, 0.15) is 11.5 Å². The number of nitrogens with zero attached hydrogens (tertiary/aromatic N) is 4. The molecule has 1 N–H and O–H groups in total. The topological polar surface area (TPSA) is 63.6 Å². The number of rotatable bonds is 2. The summed E-state index contributed by atoms with van der Waals surface area (Å²) in [6, 6.07) is 1.87. The number of aromatic nitrogens is 4. The Kier molecular flexibility index (Phi) is 2.53. The van der Waals surface area contributed by atoms with Crippen LogP contribution in [0.1, 0.15) is 5.69 Å². The summed E-state index contributed by atoms with van der Waals surface area (Å²) in [6.45, 7) is 1.92. The fraction of sp³-hybridized carbons (Fsp3) is 0.200. The second-order valence-electron chi connectivity index (χ2n) is 3.06. The third-order valence-electron chi connectivity index (χ3n) is 1.90. The average Bonchev–Trinajstić information content (AvgIpc) is 2.29. The lowest BCUT2D eigenvalue weighted by Crippen LogP contribution is -1.99. The van der Waals surface area contributed by atoms with E-state index in [2.05, 4.69) is 25.3 Å². The molecule has 0 aliphatic carbocycles. The summed E-state index contributed by atoms with van der Waals surface area (Å²) in [5, 5.41) is 2.98. The maximum Gasteiger partial charge on any atom is 0.182 e. The molecule has 0 radical (unpaired) electrons. The lowest BCUT2D eigenvalue weighted by Gasteiger charge is -2.03. The molecule has 2 aromatic heterocycles. The molecule has 15 heavy (non-hydrogen) atoms. The monoisotopic (exact) mass is 201 g/mol. The fourth-order valence-electron chi connectivity index (χ4n) is 1.23. The zero-order chi connectivity index (χ0) is 10.7. The van der Waals surface area contributed by atoms with E-state index in [-0.39, 0.29) is 0 Å². The number of hydrogen-bond donors (Lipinski definition) is 1. The fourth-order valence-corrected chi connectivity index (χ4v) is 1.23. The summed E-state index contributed by atoms with van der Waals surface area (Å²) in [4.78, 5) is 16.7. The Balaban J connectivity index is 2.49. The highest BCUT2D eigenvalue weighted by molar-refractivity contribution is 5.51. The Bertz CT molecular complexity index is 455. The van der Waals surface area contributed by atoms with Crippen LogP contribution in [0.15, 0.2) is 24.7 Å².